The number of piperidine rings is 3. The van der Waals surface area contributed by atoms with Gasteiger partial charge in [-0.25, -0.2) is 0 Å². The summed E-state index contributed by atoms with van der Waals surface area (Å²) in [6, 6.07) is 18.0. The fourth-order valence-electron chi connectivity index (χ4n) is 6.23. The van der Waals surface area contributed by atoms with Crippen molar-refractivity contribution in [2.24, 2.45) is 11.8 Å². The number of benzene rings is 2. The van der Waals surface area contributed by atoms with Crippen molar-refractivity contribution in [3.8, 4) is 11.8 Å². The van der Waals surface area contributed by atoms with E-state index in [9.17, 15) is 10.4 Å². The number of ether oxygens (including phenoxy) is 1. The molecule has 2 bridgehead atoms. The molecule has 0 radical (unpaired) electrons. The minimum atomic E-state index is -0.634. The van der Waals surface area contributed by atoms with E-state index in [0.29, 0.717) is 11.8 Å². The first-order valence-electron chi connectivity index (χ1n) is 11.7. The van der Waals surface area contributed by atoms with E-state index in [1.165, 1.54) is 0 Å². The molecule has 3 fully saturated rings. The van der Waals surface area contributed by atoms with Crippen LogP contribution < -0.4 is 4.74 Å². The number of nitrogens with zero attached hydrogens (tertiary/aromatic N) is 3. The summed E-state index contributed by atoms with van der Waals surface area (Å²) in [7, 11) is 1.65. The Morgan fingerprint density at radius 3 is 2.94 bits per heavy atom. The maximum Gasteiger partial charge on any atom is 0.131 e. The molecule has 1 aromatic heterocycles. The molecule has 3 saturated heterocycles. The van der Waals surface area contributed by atoms with Crippen LogP contribution in [-0.4, -0.2) is 40.8 Å². The lowest BCUT2D eigenvalue weighted by molar-refractivity contribution is -0.985. The number of fused-ring (bicyclic) bond motifs is 4. The number of quaternary nitrogens is 1. The zero-order valence-corrected chi connectivity index (χ0v) is 19.0. The van der Waals surface area contributed by atoms with Gasteiger partial charge in [0.05, 0.1) is 37.3 Å². The van der Waals surface area contributed by atoms with Gasteiger partial charge in [0.2, 0.25) is 0 Å². The highest BCUT2D eigenvalue weighted by atomic mass is 16.5. The van der Waals surface area contributed by atoms with Gasteiger partial charge in [-0.2, -0.15) is 5.26 Å². The predicted molar refractivity (Wildman–Crippen MR) is 128 cm³/mol. The van der Waals surface area contributed by atoms with Gasteiger partial charge in [0.15, 0.2) is 0 Å². The molecule has 2 aromatic carbocycles. The minimum Gasteiger partial charge on any atom is -0.497 e. The number of aliphatic hydroxyl groups is 1. The van der Waals surface area contributed by atoms with E-state index in [0.717, 1.165) is 70.3 Å². The lowest BCUT2D eigenvalue weighted by Crippen LogP contribution is -2.67. The molecule has 5 atom stereocenters. The van der Waals surface area contributed by atoms with Gasteiger partial charge in [-0.3, -0.25) is 4.98 Å². The van der Waals surface area contributed by atoms with Crippen molar-refractivity contribution in [3.05, 3.63) is 84.1 Å². The molecular weight excluding hydrogens is 410 g/mol. The standard InChI is InChI=1S/C28H30N3O2/c1-3-19-17-31(18-22-7-5-4-6-21(22)16-29)13-11-20(19)14-27(31)28(32)24-10-12-30-26-9-8-23(33-2)15-25(24)26/h3-10,12,15,19-20,27-28,32H,1,11,13-14,17-18H2,2H3/q+1/t19-,20-,27+,28-,31-/m0/s1. The second-order valence-corrected chi connectivity index (χ2v) is 9.53. The van der Waals surface area contributed by atoms with Crippen molar-refractivity contribution in [3.63, 3.8) is 0 Å². The first kappa shape index (κ1) is 21.6. The molecule has 5 nitrogen and oxygen atoms in total. The smallest absolute Gasteiger partial charge is 0.131 e. The summed E-state index contributed by atoms with van der Waals surface area (Å²) >= 11 is 0. The number of nitriles is 1. The Morgan fingerprint density at radius 2 is 2.15 bits per heavy atom. The summed E-state index contributed by atoms with van der Waals surface area (Å²) in [6.07, 6.45) is 5.32. The van der Waals surface area contributed by atoms with Gasteiger partial charge >= 0.3 is 0 Å². The third-order valence-electron chi connectivity index (χ3n) is 7.96. The van der Waals surface area contributed by atoms with Crippen LogP contribution in [0.3, 0.4) is 0 Å². The Bertz CT molecular complexity index is 1230. The molecule has 3 aliphatic rings. The van der Waals surface area contributed by atoms with E-state index in [1.807, 2.05) is 42.5 Å². The predicted octanol–water partition coefficient (Wildman–Crippen LogP) is 4.76. The second-order valence-electron chi connectivity index (χ2n) is 9.53. The van der Waals surface area contributed by atoms with Crippen LogP contribution in [0.4, 0.5) is 0 Å². The first-order valence-corrected chi connectivity index (χ1v) is 11.7. The maximum absolute atomic E-state index is 11.9. The van der Waals surface area contributed by atoms with Crippen molar-refractivity contribution < 1.29 is 14.3 Å². The number of hydrogen-bond donors (Lipinski definition) is 1. The van der Waals surface area contributed by atoms with Crippen LogP contribution in [0.5, 0.6) is 5.75 Å². The van der Waals surface area contributed by atoms with E-state index >= 15 is 0 Å². The lowest BCUT2D eigenvalue weighted by atomic mass is 9.71. The molecule has 0 amide bonds. The van der Waals surface area contributed by atoms with Gasteiger partial charge in [0.1, 0.15) is 24.4 Å². The summed E-state index contributed by atoms with van der Waals surface area (Å²) in [6.45, 7) is 6.81. The minimum absolute atomic E-state index is 0.0449. The topological polar surface area (TPSA) is 66.1 Å². The molecule has 3 aromatic rings. The second kappa shape index (κ2) is 8.62. The number of methoxy groups -OCH3 is 1. The van der Waals surface area contributed by atoms with Gasteiger partial charge in [-0.1, -0.05) is 24.3 Å². The zero-order valence-electron chi connectivity index (χ0n) is 19.0. The molecule has 0 saturated carbocycles. The van der Waals surface area contributed by atoms with Gasteiger partial charge < -0.3 is 14.3 Å². The molecular formula is C28H30N3O2+. The van der Waals surface area contributed by atoms with Crippen molar-refractivity contribution in [2.75, 3.05) is 20.2 Å². The van der Waals surface area contributed by atoms with Crippen molar-refractivity contribution >= 4 is 10.9 Å². The molecule has 3 aliphatic heterocycles. The molecule has 6 rings (SSSR count). The monoisotopic (exact) mass is 440 g/mol. The van der Waals surface area contributed by atoms with E-state index in [1.54, 1.807) is 13.3 Å². The molecule has 5 heteroatoms. The van der Waals surface area contributed by atoms with E-state index in [4.69, 9.17) is 4.74 Å². The van der Waals surface area contributed by atoms with Crippen LogP contribution in [-0.2, 0) is 6.54 Å². The fraction of sp³-hybridized carbons (Fsp3) is 0.357. The Kier molecular flexibility index (Phi) is 5.65. The van der Waals surface area contributed by atoms with Gasteiger partial charge in [0, 0.05) is 35.9 Å². The van der Waals surface area contributed by atoms with Crippen molar-refractivity contribution in [1.82, 2.24) is 4.98 Å². The third-order valence-corrected chi connectivity index (χ3v) is 7.96. The van der Waals surface area contributed by atoms with E-state index in [2.05, 4.69) is 29.8 Å². The highest BCUT2D eigenvalue weighted by molar-refractivity contribution is 5.83. The molecule has 33 heavy (non-hydrogen) atoms. The SMILES string of the molecule is C=C[C@H]1C[N@+]2(Cc3ccccc3C#N)CC[C@H]1C[C@@H]2[C@@H](O)c1ccnc2ccc(OC)cc12. The van der Waals surface area contributed by atoms with Crippen LogP contribution in [0.1, 0.15) is 35.6 Å². The first-order chi connectivity index (χ1) is 16.1. The summed E-state index contributed by atoms with van der Waals surface area (Å²) in [4.78, 5) is 4.50. The third kappa shape index (κ3) is 3.70. The summed E-state index contributed by atoms with van der Waals surface area (Å²) in [5.74, 6) is 1.73. The average molecular weight is 441 g/mol. The normalized spacial score (nSPS) is 27.1. The molecule has 0 aliphatic carbocycles. The van der Waals surface area contributed by atoms with Crippen LogP contribution in [0, 0.1) is 23.2 Å². The molecule has 1 N–H and O–H groups in total. The largest absolute Gasteiger partial charge is 0.497 e. The van der Waals surface area contributed by atoms with Gasteiger partial charge in [-0.15, -0.1) is 6.58 Å². The van der Waals surface area contributed by atoms with Gasteiger partial charge in [-0.05, 0) is 41.8 Å². The zero-order chi connectivity index (χ0) is 23.0. The van der Waals surface area contributed by atoms with E-state index < -0.39 is 6.10 Å². The van der Waals surface area contributed by atoms with Gasteiger partial charge in [0.25, 0.3) is 0 Å². The van der Waals surface area contributed by atoms with Crippen molar-refractivity contribution in [1.29, 1.82) is 5.26 Å². The number of pyridine rings is 1. The van der Waals surface area contributed by atoms with Crippen LogP contribution in [0.25, 0.3) is 10.9 Å². The Hall–Kier alpha value is -3.20. The highest BCUT2D eigenvalue weighted by Crippen LogP contribution is 2.48. The number of aromatic nitrogens is 1. The maximum atomic E-state index is 11.9. The highest BCUT2D eigenvalue weighted by Gasteiger charge is 2.54. The average Bonchev–Trinajstić information content (AvgIpc) is 2.87. The van der Waals surface area contributed by atoms with Crippen LogP contribution >= 0.6 is 0 Å². The molecule has 4 heterocycles. The van der Waals surface area contributed by atoms with Crippen LogP contribution in [0.15, 0.2) is 67.4 Å². The fourth-order valence-corrected chi connectivity index (χ4v) is 6.23. The lowest BCUT2D eigenvalue weighted by Gasteiger charge is -2.58. The summed E-state index contributed by atoms with van der Waals surface area (Å²) in [5.41, 5.74) is 3.54. The molecule has 0 unspecified atom stereocenters. The number of rotatable bonds is 6. The van der Waals surface area contributed by atoms with E-state index in [-0.39, 0.29) is 6.04 Å². The molecule has 0 spiro atoms. The van der Waals surface area contributed by atoms with Crippen molar-refractivity contribution in [2.45, 2.75) is 31.5 Å². The Labute approximate surface area is 195 Å². The Balaban J connectivity index is 1.58. The number of aliphatic hydroxyl groups excluding tert-OH is 1. The Morgan fingerprint density at radius 1 is 1.30 bits per heavy atom. The summed E-state index contributed by atoms with van der Waals surface area (Å²) in [5, 5.41) is 22.5. The quantitative estimate of drug-likeness (QED) is 0.443. The molecule has 168 valence electrons. The summed E-state index contributed by atoms with van der Waals surface area (Å²) < 4.78 is 6.23. The number of hydrogen-bond acceptors (Lipinski definition) is 4. The van der Waals surface area contributed by atoms with Crippen LogP contribution in [0.2, 0.25) is 0 Å².